The molecule has 122 valence electrons. The monoisotopic (exact) mass is 316 g/mol. The SMILES string of the molecule is C[C@@H]1CC(NC(=O)[C@H]2CCCCN2C(=O)c2cccnc2)=NO1. The quantitative estimate of drug-likeness (QED) is 0.892. The standard InChI is InChI=1S/C16H20N4O3/c1-11-9-14(19-23-11)18-15(21)13-6-2-3-8-20(13)16(22)12-5-4-7-17-10-12/h4-5,7,10-11,13H,2-3,6,8-9H2,1H3,(H,18,19,21)/t11-,13-/m1/s1. The molecule has 2 aliphatic rings. The Morgan fingerprint density at radius 3 is 2.96 bits per heavy atom. The molecule has 2 atom stereocenters. The molecule has 1 saturated heterocycles. The number of amidine groups is 1. The van der Waals surface area contributed by atoms with Crippen molar-refractivity contribution in [3.63, 3.8) is 0 Å². The Morgan fingerprint density at radius 1 is 1.39 bits per heavy atom. The summed E-state index contributed by atoms with van der Waals surface area (Å²) < 4.78 is 0. The number of hydrogen-bond donors (Lipinski definition) is 1. The van der Waals surface area contributed by atoms with Crippen LogP contribution in [0.1, 0.15) is 43.0 Å². The van der Waals surface area contributed by atoms with Crippen molar-refractivity contribution in [2.75, 3.05) is 6.54 Å². The summed E-state index contributed by atoms with van der Waals surface area (Å²) in [4.78, 5) is 35.9. The lowest BCUT2D eigenvalue weighted by Gasteiger charge is -2.34. The first-order valence-corrected chi connectivity index (χ1v) is 7.89. The lowest BCUT2D eigenvalue weighted by Crippen LogP contribution is -2.52. The third-order valence-corrected chi connectivity index (χ3v) is 4.07. The predicted octanol–water partition coefficient (Wildman–Crippen LogP) is 1.31. The Labute approximate surface area is 134 Å². The van der Waals surface area contributed by atoms with Gasteiger partial charge in [-0.05, 0) is 38.3 Å². The van der Waals surface area contributed by atoms with Crippen LogP contribution in [0.15, 0.2) is 29.7 Å². The maximum Gasteiger partial charge on any atom is 0.256 e. The van der Waals surface area contributed by atoms with Gasteiger partial charge in [-0.1, -0.05) is 5.16 Å². The van der Waals surface area contributed by atoms with Gasteiger partial charge < -0.3 is 15.1 Å². The zero-order chi connectivity index (χ0) is 16.2. The van der Waals surface area contributed by atoms with Crippen LogP contribution in [0.4, 0.5) is 0 Å². The lowest BCUT2D eigenvalue weighted by molar-refractivity contribution is -0.125. The van der Waals surface area contributed by atoms with E-state index < -0.39 is 6.04 Å². The van der Waals surface area contributed by atoms with E-state index in [1.807, 2.05) is 6.92 Å². The van der Waals surface area contributed by atoms with Crippen molar-refractivity contribution in [2.24, 2.45) is 5.16 Å². The van der Waals surface area contributed by atoms with Gasteiger partial charge in [-0.25, -0.2) is 0 Å². The Kier molecular flexibility index (Phi) is 4.55. The van der Waals surface area contributed by atoms with Crippen LogP contribution in [-0.4, -0.2) is 46.2 Å². The fourth-order valence-corrected chi connectivity index (χ4v) is 2.90. The van der Waals surface area contributed by atoms with Crippen LogP contribution >= 0.6 is 0 Å². The number of carbonyl (C=O) groups excluding carboxylic acids is 2. The maximum atomic E-state index is 12.7. The molecular formula is C16H20N4O3. The van der Waals surface area contributed by atoms with E-state index in [1.54, 1.807) is 23.2 Å². The Hall–Kier alpha value is -2.44. The number of piperidine rings is 1. The minimum Gasteiger partial charge on any atom is -0.391 e. The van der Waals surface area contributed by atoms with Gasteiger partial charge in [0.25, 0.3) is 5.91 Å². The number of carbonyl (C=O) groups is 2. The van der Waals surface area contributed by atoms with Gasteiger partial charge in [-0.15, -0.1) is 0 Å². The van der Waals surface area contributed by atoms with E-state index in [0.29, 0.717) is 30.8 Å². The van der Waals surface area contributed by atoms with E-state index in [1.165, 1.54) is 6.20 Å². The van der Waals surface area contributed by atoms with Crippen LogP contribution in [0.25, 0.3) is 0 Å². The fourth-order valence-electron chi connectivity index (χ4n) is 2.90. The van der Waals surface area contributed by atoms with Crippen LogP contribution in [-0.2, 0) is 9.63 Å². The largest absolute Gasteiger partial charge is 0.391 e. The minimum atomic E-state index is -0.477. The molecule has 1 aromatic rings. The van der Waals surface area contributed by atoms with Crippen molar-refractivity contribution >= 4 is 17.6 Å². The van der Waals surface area contributed by atoms with Crippen LogP contribution in [0.3, 0.4) is 0 Å². The van der Waals surface area contributed by atoms with Crippen LogP contribution < -0.4 is 5.32 Å². The number of likely N-dealkylation sites (tertiary alicyclic amines) is 1. The average Bonchev–Trinajstić information content (AvgIpc) is 3.00. The van der Waals surface area contributed by atoms with Gasteiger partial charge >= 0.3 is 0 Å². The number of aromatic nitrogens is 1. The third-order valence-electron chi connectivity index (χ3n) is 4.07. The fraction of sp³-hybridized carbons (Fsp3) is 0.500. The first-order valence-electron chi connectivity index (χ1n) is 7.89. The molecule has 7 heteroatoms. The molecule has 0 aromatic carbocycles. The number of oxime groups is 1. The first kappa shape index (κ1) is 15.5. The Bertz CT molecular complexity index is 617. The van der Waals surface area contributed by atoms with Crippen molar-refractivity contribution in [3.05, 3.63) is 30.1 Å². The molecule has 0 aliphatic carbocycles. The summed E-state index contributed by atoms with van der Waals surface area (Å²) in [6.45, 7) is 2.46. The topological polar surface area (TPSA) is 83.9 Å². The maximum absolute atomic E-state index is 12.7. The number of nitrogens with zero attached hydrogens (tertiary/aromatic N) is 3. The molecule has 1 aromatic heterocycles. The van der Waals surface area contributed by atoms with Crippen LogP contribution in [0.2, 0.25) is 0 Å². The minimum absolute atomic E-state index is 0.0233. The molecule has 0 unspecified atom stereocenters. The highest BCUT2D eigenvalue weighted by atomic mass is 16.6. The van der Waals surface area contributed by atoms with Gasteiger partial charge in [0.2, 0.25) is 5.91 Å². The van der Waals surface area contributed by atoms with E-state index in [0.717, 1.165) is 12.8 Å². The van der Waals surface area contributed by atoms with Crippen molar-refractivity contribution in [1.29, 1.82) is 0 Å². The second kappa shape index (κ2) is 6.76. The summed E-state index contributed by atoms with van der Waals surface area (Å²) in [6.07, 6.45) is 6.19. The highest BCUT2D eigenvalue weighted by Gasteiger charge is 2.33. The number of nitrogens with one attached hydrogen (secondary N) is 1. The molecule has 0 spiro atoms. The van der Waals surface area contributed by atoms with E-state index in [4.69, 9.17) is 4.84 Å². The highest BCUT2D eigenvalue weighted by molar-refractivity contribution is 6.03. The average molecular weight is 316 g/mol. The molecule has 2 amide bonds. The number of rotatable bonds is 2. The van der Waals surface area contributed by atoms with E-state index >= 15 is 0 Å². The molecule has 0 saturated carbocycles. The van der Waals surface area contributed by atoms with Crippen LogP contribution in [0.5, 0.6) is 0 Å². The zero-order valence-corrected chi connectivity index (χ0v) is 13.1. The third kappa shape index (κ3) is 3.49. The molecule has 3 heterocycles. The normalized spacial score (nSPS) is 23.9. The summed E-state index contributed by atoms with van der Waals surface area (Å²) in [5.74, 6) is 0.177. The summed E-state index contributed by atoms with van der Waals surface area (Å²) in [5, 5.41) is 6.64. The summed E-state index contributed by atoms with van der Waals surface area (Å²) in [6, 6.07) is 2.96. The van der Waals surface area contributed by atoms with Crippen molar-refractivity contribution in [2.45, 2.75) is 44.8 Å². The molecule has 3 rings (SSSR count). The van der Waals surface area contributed by atoms with Gasteiger partial charge in [-0.3, -0.25) is 14.6 Å². The lowest BCUT2D eigenvalue weighted by atomic mass is 10.00. The van der Waals surface area contributed by atoms with Gasteiger partial charge in [0.15, 0.2) is 5.84 Å². The second-order valence-electron chi connectivity index (χ2n) is 5.90. The number of hydrogen-bond acceptors (Lipinski definition) is 5. The summed E-state index contributed by atoms with van der Waals surface area (Å²) in [5.41, 5.74) is 0.502. The Balaban J connectivity index is 1.71. The molecule has 7 nitrogen and oxygen atoms in total. The van der Waals surface area contributed by atoms with Crippen molar-refractivity contribution < 1.29 is 14.4 Å². The highest BCUT2D eigenvalue weighted by Crippen LogP contribution is 2.20. The molecule has 0 radical (unpaired) electrons. The predicted molar refractivity (Wildman–Crippen MR) is 83.7 cm³/mol. The molecule has 0 bridgehead atoms. The number of amides is 2. The van der Waals surface area contributed by atoms with E-state index in [2.05, 4.69) is 15.5 Å². The Morgan fingerprint density at radius 2 is 2.26 bits per heavy atom. The van der Waals surface area contributed by atoms with Crippen LogP contribution in [0, 0.1) is 0 Å². The van der Waals surface area contributed by atoms with Crippen molar-refractivity contribution in [3.8, 4) is 0 Å². The molecular weight excluding hydrogens is 296 g/mol. The molecule has 1 fully saturated rings. The van der Waals surface area contributed by atoms with E-state index in [9.17, 15) is 9.59 Å². The van der Waals surface area contributed by atoms with E-state index in [-0.39, 0.29) is 17.9 Å². The molecule has 1 N–H and O–H groups in total. The molecule has 2 aliphatic heterocycles. The summed E-state index contributed by atoms with van der Waals surface area (Å²) in [7, 11) is 0. The molecule has 23 heavy (non-hydrogen) atoms. The van der Waals surface area contributed by atoms with Crippen molar-refractivity contribution in [1.82, 2.24) is 15.2 Å². The summed E-state index contributed by atoms with van der Waals surface area (Å²) >= 11 is 0. The van der Waals surface area contributed by atoms with Gasteiger partial charge in [0.05, 0.1) is 5.56 Å². The smallest absolute Gasteiger partial charge is 0.256 e. The van der Waals surface area contributed by atoms with Gasteiger partial charge in [0.1, 0.15) is 12.1 Å². The second-order valence-corrected chi connectivity index (χ2v) is 5.90. The van der Waals surface area contributed by atoms with Gasteiger partial charge in [0, 0.05) is 25.4 Å². The first-order chi connectivity index (χ1) is 11.1. The van der Waals surface area contributed by atoms with Gasteiger partial charge in [-0.2, -0.15) is 0 Å². The zero-order valence-electron chi connectivity index (χ0n) is 13.1. The number of pyridine rings is 1.